The Balaban J connectivity index is 1.34. The van der Waals surface area contributed by atoms with Crippen molar-refractivity contribution in [2.24, 2.45) is 5.92 Å². The first kappa shape index (κ1) is 25.9. The second-order valence-electron chi connectivity index (χ2n) is 8.79. The fourth-order valence-electron chi connectivity index (χ4n) is 4.41. The summed E-state index contributed by atoms with van der Waals surface area (Å²) < 4.78 is 69.7. The molecule has 6 nitrogen and oxygen atoms in total. The van der Waals surface area contributed by atoms with Crippen LogP contribution in [0.3, 0.4) is 0 Å². The van der Waals surface area contributed by atoms with Gasteiger partial charge in [0.15, 0.2) is 0 Å². The normalized spacial score (nSPS) is 18.9. The van der Waals surface area contributed by atoms with Crippen LogP contribution < -0.4 is 11.1 Å². The lowest BCUT2D eigenvalue weighted by Crippen LogP contribution is -2.37. The zero-order valence-corrected chi connectivity index (χ0v) is 19.7. The number of nitrogens with two attached hydrogens (primary N) is 1. The van der Waals surface area contributed by atoms with E-state index in [2.05, 4.69) is 15.6 Å². The van der Waals surface area contributed by atoms with E-state index < -0.39 is 35.5 Å². The van der Waals surface area contributed by atoms with Gasteiger partial charge in [-0.15, -0.1) is 5.10 Å². The molecule has 0 saturated heterocycles. The zero-order valence-electron chi connectivity index (χ0n) is 18.9. The molecule has 1 fully saturated rings. The number of rotatable bonds is 7. The summed E-state index contributed by atoms with van der Waals surface area (Å²) in [6.45, 7) is -0.330. The van der Waals surface area contributed by atoms with Gasteiger partial charge in [-0.05, 0) is 55.5 Å². The van der Waals surface area contributed by atoms with Crippen LogP contribution in [0.25, 0.3) is 11.3 Å². The van der Waals surface area contributed by atoms with Crippen molar-refractivity contribution in [1.29, 1.82) is 0 Å². The number of benzene rings is 2. The molecule has 4 rings (SSSR count). The molecule has 36 heavy (non-hydrogen) atoms. The Kier molecular flexibility index (Phi) is 7.77. The molecule has 1 aliphatic rings. The molecule has 12 heteroatoms. The van der Waals surface area contributed by atoms with E-state index in [1.54, 1.807) is 10.9 Å². The number of carbonyl (C=O) groups is 1. The predicted octanol–water partition coefficient (Wildman–Crippen LogP) is 5.49. The van der Waals surface area contributed by atoms with Gasteiger partial charge in [0.1, 0.15) is 28.8 Å². The summed E-state index contributed by atoms with van der Waals surface area (Å²) in [6, 6.07) is 5.30. The molecule has 1 aromatic heterocycles. The predicted molar refractivity (Wildman–Crippen MR) is 124 cm³/mol. The highest BCUT2D eigenvalue weighted by Gasteiger charge is 2.30. The number of anilines is 1. The van der Waals surface area contributed by atoms with E-state index in [1.807, 2.05) is 0 Å². The van der Waals surface area contributed by atoms with Gasteiger partial charge in [0, 0.05) is 23.0 Å². The van der Waals surface area contributed by atoms with Gasteiger partial charge in [0.2, 0.25) is 12.3 Å². The van der Waals surface area contributed by atoms with E-state index >= 15 is 0 Å². The molecule has 3 N–H and O–H groups in total. The molecule has 0 spiro atoms. The van der Waals surface area contributed by atoms with E-state index in [-0.39, 0.29) is 46.3 Å². The van der Waals surface area contributed by atoms with Crippen LogP contribution in [0.2, 0.25) is 5.02 Å². The first-order chi connectivity index (χ1) is 17.1. The van der Waals surface area contributed by atoms with Gasteiger partial charge in [-0.25, -0.2) is 26.6 Å². The molecule has 0 bridgehead atoms. The van der Waals surface area contributed by atoms with Gasteiger partial charge in [0.25, 0.3) is 0 Å². The number of hydrogen-bond donors (Lipinski definition) is 2. The number of nitrogens with one attached hydrogen (secondary N) is 1. The minimum atomic E-state index is -2.80. The van der Waals surface area contributed by atoms with Crippen molar-refractivity contribution in [2.75, 3.05) is 12.3 Å². The van der Waals surface area contributed by atoms with Gasteiger partial charge < -0.3 is 11.1 Å². The fraction of sp³-hybridized carbons (Fsp3) is 0.375. The number of halogens is 6. The standard InChI is InChI=1S/C24H23ClF5N5O/c25-18-9-14(26)3-6-16(18)17(23(29)30)10-32-24(36)12-1-4-15(5-2-12)35-11-21(33-34-35)13-7-19(27)22(31)20(28)8-13/h3,6-9,11-12,15,17,23H,1-2,4-5,10,31H2,(H,32,36). The summed E-state index contributed by atoms with van der Waals surface area (Å²) in [7, 11) is 0. The molecule has 1 amide bonds. The van der Waals surface area contributed by atoms with Crippen molar-refractivity contribution >= 4 is 23.2 Å². The van der Waals surface area contributed by atoms with Gasteiger partial charge >= 0.3 is 0 Å². The van der Waals surface area contributed by atoms with Crippen molar-refractivity contribution in [1.82, 2.24) is 20.3 Å². The van der Waals surface area contributed by atoms with Crippen LogP contribution in [0.1, 0.15) is 43.2 Å². The summed E-state index contributed by atoms with van der Waals surface area (Å²) in [5, 5.41) is 10.5. The minimum Gasteiger partial charge on any atom is -0.394 e. The molecule has 1 saturated carbocycles. The summed E-state index contributed by atoms with van der Waals surface area (Å²) in [5.41, 5.74) is 5.29. The lowest BCUT2D eigenvalue weighted by molar-refractivity contribution is -0.126. The number of aromatic nitrogens is 3. The Morgan fingerprint density at radius 2 is 1.78 bits per heavy atom. The molecule has 1 aliphatic carbocycles. The summed E-state index contributed by atoms with van der Waals surface area (Å²) in [4.78, 5) is 12.7. The Morgan fingerprint density at radius 3 is 2.39 bits per heavy atom. The van der Waals surface area contributed by atoms with Gasteiger partial charge in [-0.2, -0.15) is 0 Å². The first-order valence-electron chi connectivity index (χ1n) is 11.3. The highest BCUT2D eigenvalue weighted by molar-refractivity contribution is 6.31. The smallest absolute Gasteiger partial charge is 0.247 e. The topological polar surface area (TPSA) is 85.8 Å². The molecule has 1 heterocycles. The van der Waals surface area contributed by atoms with Crippen molar-refractivity contribution in [3.63, 3.8) is 0 Å². The molecule has 0 aliphatic heterocycles. The van der Waals surface area contributed by atoms with Crippen LogP contribution in [0.4, 0.5) is 27.6 Å². The number of amides is 1. The second kappa shape index (κ2) is 10.8. The summed E-state index contributed by atoms with van der Waals surface area (Å²) in [6.07, 6.45) is 0.921. The lowest BCUT2D eigenvalue weighted by Gasteiger charge is -2.28. The third kappa shape index (κ3) is 5.61. The summed E-state index contributed by atoms with van der Waals surface area (Å²) >= 11 is 5.93. The number of nitrogens with zero attached hydrogens (tertiary/aromatic N) is 3. The quantitative estimate of drug-likeness (QED) is 0.314. The third-order valence-corrected chi connectivity index (χ3v) is 6.82. The fourth-order valence-corrected chi connectivity index (χ4v) is 4.72. The van der Waals surface area contributed by atoms with Crippen molar-refractivity contribution < 1.29 is 26.7 Å². The molecular formula is C24H23ClF5N5O. The number of nitrogen functional groups attached to an aromatic ring is 1. The van der Waals surface area contributed by atoms with E-state index in [9.17, 15) is 26.7 Å². The maximum absolute atomic E-state index is 13.8. The van der Waals surface area contributed by atoms with E-state index in [1.165, 1.54) is 6.07 Å². The minimum absolute atomic E-state index is 0.0694. The molecular weight excluding hydrogens is 505 g/mol. The van der Waals surface area contributed by atoms with Crippen LogP contribution in [0.5, 0.6) is 0 Å². The van der Waals surface area contributed by atoms with Crippen LogP contribution in [0.15, 0.2) is 36.5 Å². The largest absolute Gasteiger partial charge is 0.394 e. The Hall–Kier alpha value is -3.21. The zero-order chi connectivity index (χ0) is 26.0. The van der Waals surface area contributed by atoms with Gasteiger partial charge in [-0.1, -0.05) is 22.9 Å². The van der Waals surface area contributed by atoms with Crippen molar-refractivity contribution in [3.8, 4) is 11.3 Å². The van der Waals surface area contributed by atoms with E-state index in [4.69, 9.17) is 17.3 Å². The number of hydrogen-bond acceptors (Lipinski definition) is 4. The monoisotopic (exact) mass is 527 g/mol. The number of carbonyl (C=O) groups excluding carboxylic acids is 1. The molecule has 1 atom stereocenters. The molecule has 192 valence electrons. The number of alkyl halides is 2. The maximum Gasteiger partial charge on any atom is 0.247 e. The second-order valence-corrected chi connectivity index (χ2v) is 9.20. The maximum atomic E-state index is 13.8. The van der Waals surface area contributed by atoms with Gasteiger partial charge in [0.05, 0.1) is 18.2 Å². The van der Waals surface area contributed by atoms with Crippen LogP contribution >= 0.6 is 11.6 Å². The molecule has 2 aromatic carbocycles. The highest BCUT2D eigenvalue weighted by atomic mass is 35.5. The average molecular weight is 528 g/mol. The van der Waals surface area contributed by atoms with Gasteiger partial charge in [-0.3, -0.25) is 4.79 Å². The van der Waals surface area contributed by atoms with Crippen LogP contribution in [-0.4, -0.2) is 33.9 Å². The van der Waals surface area contributed by atoms with E-state index in [0.29, 0.717) is 25.7 Å². The summed E-state index contributed by atoms with van der Waals surface area (Å²) in [5.74, 6) is -4.49. The first-order valence-corrected chi connectivity index (χ1v) is 11.7. The molecule has 0 radical (unpaired) electrons. The molecule has 1 unspecified atom stereocenters. The van der Waals surface area contributed by atoms with Crippen molar-refractivity contribution in [2.45, 2.75) is 44.1 Å². The van der Waals surface area contributed by atoms with Crippen LogP contribution in [-0.2, 0) is 4.79 Å². The Morgan fingerprint density at radius 1 is 1.11 bits per heavy atom. The van der Waals surface area contributed by atoms with Crippen molar-refractivity contribution in [3.05, 3.63) is 64.6 Å². The third-order valence-electron chi connectivity index (χ3n) is 6.49. The Bertz CT molecular complexity index is 1220. The highest BCUT2D eigenvalue weighted by Crippen LogP contribution is 2.34. The van der Waals surface area contributed by atoms with Crippen LogP contribution in [0, 0.1) is 23.4 Å². The molecule has 3 aromatic rings. The lowest BCUT2D eigenvalue weighted by atomic mass is 9.85. The Labute approximate surface area is 208 Å². The van der Waals surface area contributed by atoms with E-state index in [0.717, 1.165) is 24.3 Å². The average Bonchev–Trinajstić information content (AvgIpc) is 3.33. The SMILES string of the molecule is Nc1c(F)cc(-c2cn(C3CCC(C(=O)NCC(c4ccc(F)cc4Cl)C(F)F)CC3)nn2)cc1F.